The van der Waals surface area contributed by atoms with Gasteiger partial charge < -0.3 is 9.84 Å². The van der Waals surface area contributed by atoms with Crippen LogP contribution in [0, 0.1) is 0 Å². The first-order chi connectivity index (χ1) is 6.56. The molecule has 1 aromatic heterocycles. The van der Waals surface area contributed by atoms with Crippen molar-refractivity contribution in [1.82, 2.24) is 4.98 Å². The highest BCUT2D eigenvalue weighted by Gasteiger charge is 2.19. The molecule has 0 aliphatic rings. The quantitative estimate of drug-likeness (QED) is 0.625. The molecule has 0 saturated heterocycles. The highest BCUT2D eigenvalue weighted by Crippen LogP contribution is 2.23. The van der Waals surface area contributed by atoms with E-state index in [-0.39, 0.29) is 15.7 Å². The smallest absolute Gasteiger partial charge is 0.339 e. The number of aromatic nitrogens is 1. The number of ether oxygens (including phenoxy) is 1. The number of esters is 1. The highest BCUT2D eigenvalue weighted by atomic mass is 35.5. The zero-order chi connectivity index (χ0) is 10.7. The summed E-state index contributed by atoms with van der Waals surface area (Å²) in [5.74, 6) is -0.773. The Hall–Kier alpha value is -0.840. The third-order valence-electron chi connectivity index (χ3n) is 1.56. The Morgan fingerprint density at radius 3 is 2.79 bits per heavy atom. The Balaban J connectivity index is 2.96. The molecule has 0 radical (unpaired) electrons. The lowest BCUT2D eigenvalue weighted by molar-refractivity contribution is -0.150. The summed E-state index contributed by atoms with van der Waals surface area (Å²) < 4.78 is 4.34. The Labute approximate surface area is 90.4 Å². The summed E-state index contributed by atoms with van der Waals surface area (Å²) in [7, 11) is 1.18. The van der Waals surface area contributed by atoms with Gasteiger partial charge in [0.05, 0.1) is 12.1 Å². The molecule has 0 spiro atoms. The highest BCUT2D eigenvalue weighted by molar-refractivity contribution is 6.41. The molecule has 0 saturated carbocycles. The second-order valence-electron chi connectivity index (χ2n) is 2.47. The van der Waals surface area contributed by atoms with Crippen molar-refractivity contribution in [2.75, 3.05) is 7.11 Å². The Morgan fingerprint density at radius 2 is 2.29 bits per heavy atom. The number of nitrogens with zero attached hydrogens (tertiary/aromatic N) is 1. The fourth-order valence-corrected chi connectivity index (χ4v) is 1.11. The summed E-state index contributed by atoms with van der Waals surface area (Å²) in [5.41, 5.74) is 0.242. The monoisotopic (exact) mass is 235 g/mol. The predicted molar refractivity (Wildman–Crippen MR) is 51.2 cm³/mol. The molecule has 0 aliphatic carbocycles. The molecule has 0 bridgehead atoms. The van der Waals surface area contributed by atoms with Crippen LogP contribution in [0.4, 0.5) is 0 Å². The number of aliphatic hydroxyl groups is 1. The summed E-state index contributed by atoms with van der Waals surface area (Å²) in [6.45, 7) is 0. The van der Waals surface area contributed by atoms with E-state index in [0.717, 1.165) is 0 Å². The van der Waals surface area contributed by atoms with Gasteiger partial charge in [-0.1, -0.05) is 23.2 Å². The van der Waals surface area contributed by atoms with Gasteiger partial charge in [-0.15, -0.1) is 0 Å². The zero-order valence-corrected chi connectivity index (χ0v) is 8.71. The van der Waals surface area contributed by atoms with Crippen molar-refractivity contribution in [3.05, 3.63) is 28.0 Å². The minimum absolute atomic E-state index is 0.118. The number of carbonyl (C=O) groups excluding carboxylic acids is 1. The average molecular weight is 236 g/mol. The topological polar surface area (TPSA) is 59.4 Å². The van der Waals surface area contributed by atoms with Gasteiger partial charge in [-0.3, -0.25) is 0 Å². The van der Waals surface area contributed by atoms with Gasteiger partial charge in [0, 0.05) is 11.8 Å². The molecule has 1 rings (SSSR count). The fraction of sp³-hybridized carbons (Fsp3) is 0.250. The SMILES string of the molecule is COC(=O)C(O)c1cnc(Cl)c(Cl)c1. The number of carbonyl (C=O) groups is 1. The molecule has 0 fully saturated rings. The Kier molecular flexibility index (Phi) is 3.69. The van der Waals surface area contributed by atoms with E-state index in [4.69, 9.17) is 23.2 Å². The number of rotatable bonds is 2. The molecule has 1 heterocycles. The van der Waals surface area contributed by atoms with Crippen LogP contribution >= 0.6 is 23.2 Å². The van der Waals surface area contributed by atoms with E-state index < -0.39 is 12.1 Å². The molecular formula is C8H7Cl2NO3. The summed E-state index contributed by atoms with van der Waals surface area (Å²) in [5, 5.41) is 9.68. The molecule has 76 valence electrons. The van der Waals surface area contributed by atoms with Crippen LogP contribution in [0.5, 0.6) is 0 Å². The van der Waals surface area contributed by atoms with E-state index in [2.05, 4.69) is 9.72 Å². The van der Waals surface area contributed by atoms with Crippen molar-refractivity contribution in [2.45, 2.75) is 6.10 Å². The van der Waals surface area contributed by atoms with Crippen molar-refractivity contribution in [1.29, 1.82) is 0 Å². The van der Waals surface area contributed by atoms with Gasteiger partial charge in [-0.2, -0.15) is 0 Å². The summed E-state index contributed by atoms with van der Waals surface area (Å²) in [6.07, 6.45) is -0.127. The lowest BCUT2D eigenvalue weighted by Crippen LogP contribution is -2.13. The van der Waals surface area contributed by atoms with Gasteiger partial charge in [-0.05, 0) is 6.07 Å². The van der Waals surface area contributed by atoms with Crippen molar-refractivity contribution in [3.63, 3.8) is 0 Å². The molecule has 4 nitrogen and oxygen atoms in total. The fourth-order valence-electron chi connectivity index (χ4n) is 0.833. The van der Waals surface area contributed by atoms with Crippen LogP contribution in [0.2, 0.25) is 10.2 Å². The second-order valence-corrected chi connectivity index (χ2v) is 3.23. The maximum absolute atomic E-state index is 10.9. The molecular weight excluding hydrogens is 229 g/mol. The Bertz CT molecular complexity index is 356. The van der Waals surface area contributed by atoms with E-state index >= 15 is 0 Å². The Morgan fingerprint density at radius 1 is 1.64 bits per heavy atom. The lowest BCUT2D eigenvalue weighted by Gasteiger charge is -2.08. The molecule has 0 aliphatic heterocycles. The van der Waals surface area contributed by atoms with Crippen LogP contribution in [-0.2, 0) is 9.53 Å². The molecule has 14 heavy (non-hydrogen) atoms. The van der Waals surface area contributed by atoms with Crippen LogP contribution in [0.15, 0.2) is 12.3 Å². The molecule has 0 aromatic carbocycles. The predicted octanol–water partition coefficient (Wildman–Crippen LogP) is 1.59. The van der Waals surface area contributed by atoms with Crippen molar-refractivity contribution >= 4 is 29.2 Å². The first-order valence-electron chi connectivity index (χ1n) is 3.63. The zero-order valence-electron chi connectivity index (χ0n) is 7.20. The number of methoxy groups -OCH3 is 1. The summed E-state index contributed by atoms with van der Waals surface area (Å²) in [6, 6.07) is 1.36. The molecule has 1 N–H and O–H groups in total. The van der Waals surface area contributed by atoms with Crippen molar-refractivity contribution in [2.24, 2.45) is 0 Å². The molecule has 1 aromatic rings. The van der Waals surface area contributed by atoms with Crippen LogP contribution in [0.1, 0.15) is 11.7 Å². The third kappa shape index (κ3) is 2.35. The summed E-state index contributed by atoms with van der Waals surface area (Å²) in [4.78, 5) is 14.6. The van der Waals surface area contributed by atoms with Crippen LogP contribution < -0.4 is 0 Å². The number of halogens is 2. The van der Waals surface area contributed by atoms with E-state index in [0.29, 0.717) is 0 Å². The first-order valence-corrected chi connectivity index (χ1v) is 4.38. The van der Waals surface area contributed by atoms with Gasteiger partial charge >= 0.3 is 5.97 Å². The average Bonchev–Trinajstić information content (AvgIpc) is 2.20. The van der Waals surface area contributed by atoms with E-state index in [1.807, 2.05) is 0 Å². The number of hydrogen-bond donors (Lipinski definition) is 1. The van der Waals surface area contributed by atoms with Gasteiger partial charge in [0.1, 0.15) is 5.15 Å². The molecule has 1 unspecified atom stereocenters. The standard InChI is InChI=1S/C8H7Cl2NO3/c1-14-8(13)6(12)4-2-5(9)7(10)11-3-4/h2-3,6,12H,1H3. The van der Waals surface area contributed by atoms with Gasteiger partial charge in [0.2, 0.25) is 0 Å². The van der Waals surface area contributed by atoms with Crippen LogP contribution in [0.3, 0.4) is 0 Å². The molecule has 0 amide bonds. The van der Waals surface area contributed by atoms with Crippen LogP contribution in [-0.4, -0.2) is 23.2 Å². The van der Waals surface area contributed by atoms with Gasteiger partial charge in [-0.25, -0.2) is 9.78 Å². The van der Waals surface area contributed by atoms with E-state index in [9.17, 15) is 9.90 Å². The summed E-state index contributed by atoms with van der Waals surface area (Å²) >= 11 is 11.2. The largest absolute Gasteiger partial charge is 0.467 e. The molecule has 1 atom stereocenters. The maximum atomic E-state index is 10.9. The van der Waals surface area contributed by atoms with Crippen molar-refractivity contribution < 1.29 is 14.6 Å². The van der Waals surface area contributed by atoms with Crippen LogP contribution in [0.25, 0.3) is 0 Å². The van der Waals surface area contributed by atoms with Gasteiger partial charge in [0.25, 0.3) is 0 Å². The lowest BCUT2D eigenvalue weighted by atomic mass is 10.2. The van der Waals surface area contributed by atoms with Crippen molar-refractivity contribution in [3.8, 4) is 0 Å². The van der Waals surface area contributed by atoms with E-state index in [1.54, 1.807) is 0 Å². The number of hydrogen-bond acceptors (Lipinski definition) is 4. The maximum Gasteiger partial charge on any atom is 0.339 e. The molecule has 6 heteroatoms. The third-order valence-corrected chi connectivity index (χ3v) is 2.24. The minimum atomic E-state index is -1.39. The number of aliphatic hydroxyl groups excluding tert-OH is 1. The number of pyridine rings is 1. The normalized spacial score (nSPS) is 12.3. The van der Waals surface area contributed by atoms with E-state index in [1.165, 1.54) is 19.4 Å². The minimum Gasteiger partial charge on any atom is -0.467 e. The van der Waals surface area contributed by atoms with Gasteiger partial charge in [0.15, 0.2) is 6.10 Å². The second kappa shape index (κ2) is 4.59. The first kappa shape index (κ1) is 11.2.